The van der Waals surface area contributed by atoms with E-state index in [1.807, 2.05) is 0 Å². The predicted molar refractivity (Wildman–Crippen MR) is 34.7 cm³/mol. The van der Waals surface area contributed by atoms with Crippen LogP contribution in [0, 0.1) is 0 Å². The van der Waals surface area contributed by atoms with Gasteiger partial charge in [0.25, 0.3) is 0 Å². The highest BCUT2D eigenvalue weighted by molar-refractivity contribution is 4.79. The average molecular weight is 144 g/mol. The lowest BCUT2D eigenvalue weighted by Crippen LogP contribution is -2.12. The van der Waals surface area contributed by atoms with Gasteiger partial charge in [-0.1, -0.05) is 0 Å². The summed E-state index contributed by atoms with van der Waals surface area (Å²) in [7, 11) is 0. The van der Waals surface area contributed by atoms with Crippen LogP contribution in [-0.4, -0.2) is 36.6 Å². The Balaban J connectivity index is 1.60. The van der Waals surface area contributed by atoms with Gasteiger partial charge in [0, 0.05) is 12.8 Å². The van der Waals surface area contributed by atoms with Gasteiger partial charge in [-0.25, -0.2) is 0 Å². The molecule has 0 saturated carbocycles. The molecule has 3 heteroatoms. The molecule has 0 aromatic rings. The van der Waals surface area contributed by atoms with Gasteiger partial charge < -0.3 is 14.6 Å². The van der Waals surface area contributed by atoms with Gasteiger partial charge in [-0.2, -0.15) is 0 Å². The first-order valence-corrected chi connectivity index (χ1v) is 3.76. The second kappa shape index (κ2) is 2.49. The van der Waals surface area contributed by atoms with Crippen molar-refractivity contribution in [3.8, 4) is 0 Å². The van der Waals surface area contributed by atoms with Crippen molar-refractivity contribution in [3.05, 3.63) is 0 Å². The summed E-state index contributed by atoms with van der Waals surface area (Å²) in [6.45, 7) is 1.67. The predicted octanol–water partition coefficient (Wildman–Crippen LogP) is -0.0749. The molecule has 3 nitrogen and oxygen atoms in total. The number of ether oxygens (including phenoxy) is 2. The number of rotatable bonds is 4. The normalized spacial score (nSPS) is 39.3. The van der Waals surface area contributed by atoms with Gasteiger partial charge in [0.15, 0.2) is 0 Å². The van der Waals surface area contributed by atoms with Gasteiger partial charge in [-0.3, -0.25) is 0 Å². The van der Waals surface area contributed by atoms with Crippen LogP contribution in [0.15, 0.2) is 0 Å². The van der Waals surface area contributed by atoms with Gasteiger partial charge in [-0.05, 0) is 0 Å². The van der Waals surface area contributed by atoms with E-state index in [1.165, 1.54) is 0 Å². The quantitative estimate of drug-likeness (QED) is 0.561. The van der Waals surface area contributed by atoms with Crippen LogP contribution >= 0.6 is 0 Å². The summed E-state index contributed by atoms with van der Waals surface area (Å²) in [5.41, 5.74) is 0. The fourth-order valence-electron chi connectivity index (χ4n) is 1.11. The van der Waals surface area contributed by atoms with E-state index in [4.69, 9.17) is 9.47 Å². The summed E-state index contributed by atoms with van der Waals surface area (Å²) in [5.74, 6) is 0. The third-order valence-corrected chi connectivity index (χ3v) is 1.87. The Labute approximate surface area is 59.9 Å². The fourth-order valence-corrected chi connectivity index (χ4v) is 1.11. The largest absolute Gasteiger partial charge is 0.393 e. The monoisotopic (exact) mass is 144 g/mol. The Morgan fingerprint density at radius 3 is 1.90 bits per heavy atom. The SMILES string of the molecule is OC(CC1CO1)CC1CO1. The zero-order valence-corrected chi connectivity index (χ0v) is 5.82. The number of epoxide rings is 2. The summed E-state index contributed by atoms with van der Waals surface area (Å²) in [5, 5.41) is 9.31. The first-order valence-electron chi connectivity index (χ1n) is 3.76. The highest BCUT2D eigenvalue weighted by Crippen LogP contribution is 2.22. The van der Waals surface area contributed by atoms with Gasteiger partial charge >= 0.3 is 0 Å². The molecular formula is C7H12O3. The maximum absolute atomic E-state index is 9.31. The molecule has 2 heterocycles. The first kappa shape index (κ1) is 6.58. The number of aliphatic hydroxyl groups is 1. The average Bonchev–Trinajstić information content (AvgIpc) is 2.59. The molecular weight excluding hydrogens is 132 g/mol. The summed E-state index contributed by atoms with van der Waals surface area (Å²) in [6, 6.07) is 0. The molecule has 0 aliphatic carbocycles. The third-order valence-electron chi connectivity index (χ3n) is 1.87. The van der Waals surface area contributed by atoms with Crippen LogP contribution in [0.2, 0.25) is 0 Å². The molecule has 2 rings (SSSR count). The van der Waals surface area contributed by atoms with Crippen LogP contribution in [0.4, 0.5) is 0 Å². The van der Waals surface area contributed by atoms with Gasteiger partial charge in [0.05, 0.1) is 31.5 Å². The van der Waals surface area contributed by atoms with Gasteiger partial charge in [-0.15, -0.1) is 0 Å². The van der Waals surface area contributed by atoms with Crippen LogP contribution in [0.25, 0.3) is 0 Å². The maximum Gasteiger partial charge on any atom is 0.0834 e. The van der Waals surface area contributed by atoms with E-state index in [1.54, 1.807) is 0 Å². The molecule has 2 aliphatic heterocycles. The van der Waals surface area contributed by atoms with Crippen molar-refractivity contribution >= 4 is 0 Å². The fraction of sp³-hybridized carbons (Fsp3) is 1.00. The Bertz CT molecular complexity index is 104. The van der Waals surface area contributed by atoms with Crippen LogP contribution in [0.3, 0.4) is 0 Å². The second-order valence-corrected chi connectivity index (χ2v) is 3.04. The molecule has 0 spiro atoms. The smallest absolute Gasteiger partial charge is 0.0834 e. The van der Waals surface area contributed by atoms with Gasteiger partial charge in [0.2, 0.25) is 0 Å². The van der Waals surface area contributed by atoms with E-state index in [9.17, 15) is 5.11 Å². The molecule has 2 aliphatic rings. The summed E-state index contributed by atoms with van der Waals surface area (Å²) in [4.78, 5) is 0. The minimum Gasteiger partial charge on any atom is -0.393 e. The van der Waals surface area contributed by atoms with Gasteiger partial charge in [0.1, 0.15) is 0 Å². The Kier molecular flexibility index (Phi) is 1.64. The van der Waals surface area contributed by atoms with Crippen molar-refractivity contribution < 1.29 is 14.6 Å². The number of hydrogen-bond acceptors (Lipinski definition) is 3. The van der Waals surface area contributed by atoms with Crippen molar-refractivity contribution in [3.63, 3.8) is 0 Å². The molecule has 58 valence electrons. The van der Waals surface area contributed by atoms with E-state index >= 15 is 0 Å². The van der Waals surface area contributed by atoms with Crippen molar-refractivity contribution in [1.82, 2.24) is 0 Å². The van der Waals surface area contributed by atoms with E-state index in [0.29, 0.717) is 12.2 Å². The third kappa shape index (κ3) is 1.94. The molecule has 0 aromatic heterocycles. The molecule has 0 radical (unpaired) electrons. The molecule has 2 atom stereocenters. The number of hydrogen-bond donors (Lipinski definition) is 1. The van der Waals surface area contributed by atoms with E-state index in [2.05, 4.69) is 0 Å². The topological polar surface area (TPSA) is 45.3 Å². The Morgan fingerprint density at radius 2 is 1.60 bits per heavy atom. The lowest BCUT2D eigenvalue weighted by atomic mass is 10.1. The maximum atomic E-state index is 9.31. The molecule has 0 bridgehead atoms. The van der Waals surface area contributed by atoms with E-state index in [0.717, 1.165) is 26.1 Å². The minimum absolute atomic E-state index is 0.208. The molecule has 0 amide bonds. The number of aliphatic hydroxyl groups excluding tert-OH is 1. The standard InChI is InChI=1S/C7H12O3/c8-5(1-6-3-9-6)2-7-4-10-7/h5-8H,1-4H2. The lowest BCUT2D eigenvalue weighted by molar-refractivity contribution is 0.132. The Hall–Kier alpha value is -0.120. The van der Waals surface area contributed by atoms with Crippen molar-refractivity contribution in [2.75, 3.05) is 13.2 Å². The van der Waals surface area contributed by atoms with Crippen molar-refractivity contribution in [1.29, 1.82) is 0 Å². The highest BCUT2D eigenvalue weighted by Gasteiger charge is 2.30. The molecule has 2 unspecified atom stereocenters. The van der Waals surface area contributed by atoms with Crippen molar-refractivity contribution in [2.24, 2.45) is 0 Å². The zero-order valence-electron chi connectivity index (χ0n) is 5.82. The zero-order chi connectivity index (χ0) is 6.97. The second-order valence-electron chi connectivity index (χ2n) is 3.04. The highest BCUT2D eigenvalue weighted by atomic mass is 16.6. The van der Waals surface area contributed by atoms with Crippen LogP contribution < -0.4 is 0 Å². The summed E-state index contributed by atoms with van der Waals surface area (Å²) >= 11 is 0. The Morgan fingerprint density at radius 1 is 1.20 bits per heavy atom. The summed E-state index contributed by atoms with van der Waals surface area (Å²) in [6.07, 6.45) is 2.06. The van der Waals surface area contributed by atoms with Crippen LogP contribution in [-0.2, 0) is 9.47 Å². The van der Waals surface area contributed by atoms with E-state index < -0.39 is 0 Å². The van der Waals surface area contributed by atoms with Crippen LogP contribution in [0.5, 0.6) is 0 Å². The molecule has 2 fully saturated rings. The molecule has 1 N–H and O–H groups in total. The summed E-state index contributed by atoms with van der Waals surface area (Å²) < 4.78 is 9.96. The first-order chi connectivity index (χ1) is 4.84. The lowest BCUT2D eigenvalue weighted by Gasteiger charge is -2.04. The molecule has 0 aromatic carbocycles. The molecule has 2 saturated heterocycles. The van der Waals surface area contributed by atoms with Crippen molar-refractivity contribution in [2.45, 2.75) is 31.2 Å². The molecule has 10 heavy (non-hydrogen) atoms. The van der Waals surface area contributed by atoms with Crippen LogP contribution in [0.1, 0.15) is 12.8 Å². The minimum atomic E-state index is -0.208. The van der Waals surface area contributed by atoms with E-state index in [-0.39, 0.29) is 6.10 Å².